The van der Waals surface area contributed by atoms with Crippen LogP contribution in [0.5, 0.6) is 0 Å². The van der Waals surface area contributed by atoms with E-state index in [4.69, 9.17) is 0 Å². The van der Waals surface area contributed by atoms with Crippen molar-refractivity contribution in [1.82, 2.24) is 14.3 Å². The molecule has 1 aromatic carbocycles. The number of carboxylic acid groups (broad SMARTS) is 1. The average Bonchev–Trinajstić information content (AvgIpc) is 3.17. The molecule has 33 heavy (non-hydrogen) atoms. The molecule has 2 heterocycles. The van der Waals surface area contributed by atoms with Crippen molar-refractivity contribution in [1.29, 1.82) is 5.26 Å². The number of nitrogens with one attached hydrogen (secondary N) is 1. The Bertz CT molecular complexity index is 1330. The molecular formula is C24H26N4O4S. The molecule has 1 amide bonds. The number of nitriles is 1. The van der Waals surface area contributed by atoms with E-state index in [0.29, 0.717) is 22.4 Å². The quantitative estimate of drug-likeness (QED) is 0.561. The van der Waals surface area contributed by atoms with Crippen molar-refractivity contribution < 1.29 is 18.3 Å². The number of aromatic nitrogens is 2. The highest BCUT2D eigenvalue weighted by Gasteiger charge is 2.29. The Kier molecular flexibility index (Phi) is 6.60. The Hall–Kier alpha value is -3.64. The van der Waals surface area contributed by atoms with Gasteiger partial charge >= 0.3 is 6.09 Å². The number of hydrogen-bond acceptors (Lipinski definition) is 5. The van der Waals surface area contributed by atoms with Gasteiger partial charge in [-0.15, -0.1) is 0 Å². The van der Waals surface area contributed by atoms with Crippen molar-refractivity contribution in [3.8, 4) is 17.3 Å². The zero-order chi connectivity index (χ0) is 24.4. The third-order valence-corrected chi connectivity index (χ3v) is 7.28. The summed E-state index contributed by atoms with van der Waals surface area (Å²) in [4.78, 5) is 15.6. The Morgan fingerprint density at radius 3 is 2.55 bits per heavy atom. The van der Waals surface area contributed by atoms with Crippen molar-refractivity contribution in [2.45, 2.75) is 45.1 Å². The Balaban J connectivity index is 2.22. The molecule has 2 N–H and O–H groups in total. The van der Waals surface area contributed by atoms with E-state index in [1.807, 2.05) is 26.8 Å². The van der Waals surface area contributed by atoms with E-state index >= 15 is 0 Å². The van der Waals surface area contributed by atoms with Crippen LogP contribution in [0.15, 0.2) is 59.8 Å². The van der Waals surface area contributed by atoms with Gasteiger partial charge < -0.3 is 10.4 Å². The van der Waals surface area contributed by atoms with Crippen LogP contribution in [0.4, 0.5) is 4.79 Å². The standard InChI is InChI=1S/C24H26N4O4S/c1-16-8-5-6-10-21(16)33(31,32)28-15-17(13-22(24(2,3)4)27-23(29)30)12-20(28)18-9-7-11-26-19(18)14-25/h5-12,15,22,27H,13H2,1-4H3,(H,29,30). The van der Waals surface area contributed by atoms with Gasteiger partial charge in [0.2, 0.25) is 0 Å². The van der Waals surface area contributed by atoms with Crippen LogP contribution < -0.4 is 5.32 Å². The molecule has 172 valence electrons. The number of pyridine rings is 1. The lowest BCUT2D eigenvalue weighted by Crippen LogP contribution is -2.44. The maximum atomic E-state index is 13.7. The monoisotopic (exact) mass is 466 g/mol. The number of nitrogens with zero attached hydrogens (tertiary/aromatic N) is 3. The molecule has 1 unspecified atom stereocenters. The summed E-state index contributed by atoms with van der Waals surface area (Å²) in [7, 11) is -4.00. The van der Waals surface area contributed by atoms with Gasteiger partial charge in [0.15, 0.2) is 0 Å². The summed E-state index contributed by atoms with van der Waals surface area (Å²) in [5, 5.41) is 21.4. The second-order valence-corrected chi connectivity index (χ2v) is 10.7. The summed E-state index contributed by atoms with van der Waals surface area (Å²) < 4.78 is 28.5. The predicted molar refractivity (Wildman–Crippen MR) is 124 cm³/mol. The highest BCUT2D eigenvalue weighted by Crippen LogP contribution is 2.31. The highest BCUT2D eigenvalue weighted by molar-refractivity contribution is 7.90. The highest BCUT2D eigenvalue weighted by atomic mass is 32.2. The van der Waals surface area contributed by atoms with Gasteiger partial charge in [0.1, 0.15) is 11.8 Å². The van der Waals surface area contributed by atoms with Gasteiger partial charge in [0.05, 0.1) is 10.6 Å². The van der Waals surface area contributed by atoms with Crippen LogP contribution in [0, 0.1) is 23.7 Å². The minimum Gasteiger partial charge on any atom is -0.465 e. The SMILES string of the molecule is Cc1ccccc1S(=O)(=O)n1cc(CC(NC(=O)O)C(C)(C)C)cc1-c1cccnc1C#N. The fourth-order valence-corrected chi connectivity index (χ4v) is 5.24. The van der Waals surface area contributed by atoms with Gasteiger partial charge in [-0.25, -0.2) is 22.2 Å². The smallest absolute Gasteiger partial charge is 0.404 e. The average molecular weight is 467 g/mol. The maximum absolute atomic E-state index is 13.7. The molecule has 9 heteroatoms. The van der Waals surface area contributed by atoms with Crippen molar-refractivity contribution >= 4 is 16.1 Å². The molecule has 0 aliphatic carbocycles. The summed E-state index contributed by atoms with van der Waals surface area (Å²) in [5.41, 5.74) is 1.55. The summed E-state index contributed by atoms with van der Waals surface area (Å²) >= 11 is 0. The van der Waals surface area contributed by atoms with Crippen molar-refractivity contribution in [2.75, 3.05) is 0 Å². The molecule has 0 saturated heterocycles. The van der Waals surface area contributed by atoms with Gasteiger partial charge in [0, 0.05) is 24.0 Å². The van der Waals surface area contributed by atoms with Crippen LogP contribution in [-0.2, 0) is 16.4 Å². The molecule has 0 aliphatic rings. The molecule has 0 aliphatic heterocycles. The van der Waals surface area contributed by atoms with Crippen LogP contribution in [0.3, 0.4) is 0 Å². The van der Waals surface area contributed by atoms with E-state index in [9.17, 15) is 23.6 Å². The summed E-state index contributed by atoms with van der Waals surface area (Å²) in [6.07, 6.45) is 2.08. The topological polar surface area (TPSA) is 125 Å². The van der Waals surface area contributed by atoms with E-state index in [0.717, 1.165) is 3.97 Å². The molecule has 2 aromatic heterocycles. The van der Waals surface area contributed by atoms with Crippen LogP contribution in [0.1, 0.15) is 37.6 Å². The molecule has 0 fully saturated rings. The van der Waals surface area contributed by atoms with Gasteiger partial charge in [-0.1, -0.05) is 39.0 Å². The summed E-state index contributed by atoms with van der Waals surface area (Å²) in [5.74, 6) is 0. The number of aryl methyl sites for hydroxylation is 1. The van der Waals surface area contributed by atoms with Crippen LogP contribution in [0.2, 0.25) is 0 Å². The second-order valence-electron chi connectivity index (χ2n) is 8.88. The number of amides is 1. The Morgan fingerprint density at radius 2 is 1.94 bits per heavy atom. The van der Waals surface area contributed by atoms with Gasteiger partial charge in [-0.3, -0.25) is 0 Å². The van der Waals surface area contributed by atoms with Crippen LogP contribution >= 0.6 is 0 Å². The van der Waals surface area contributed by atoms with Gasteiger partial charge in [-0.05, 0) is 54.2 Å². The maximum Gasteiger partial charge on any atom is 0.404 e. The van der Waals surface area contributed by atoms with E-state index in [-0.39, 0.29) is 17.0 Å². The predicted octanol–water partition coefficient (Wildman–Crippen LogP) is 4.19. The zero-order valence-corrected chi connectivity index (χ0v) is 19.7. The lowest BCUT2D eigenvalue weighted by atomic mass is 9.83. The first-order valence-electron chi connectivity index (χ1n) is 10.3. The molecule has 3 aromatic rings. The van der Waals surface area contributed by atoms with Crippen LogP contribution in [0.25, 0.3) is 11.3 Å². The normalized spacial score (nSPS) is 12.7. The Morgan fingerprint density at radius 1 is 1.24 bits per heavy atom. The molecule has 1 atom stereocenters. The molecule has 8 nitrogen and oxygen atoms in total. The molecule has 3 rings (SSSR count). The minimum absolute atomic E-state index is 0.0967. The largest absolute Gasteiger partial charge is 0.465 e. The van der Waals surface area contributed by atoms with Crippen molar-refractivity contribution in [3.63, 3.8) is 0 Å². The summed E-state index contributed by atoms with van der Waals surface area (Å²) in [6, 6.07) is 13.2. The first kappa shape index (κ1) is 24.0. The molecule has 0 saturated carbocycles. The third kappa shape index (κ3) is 5.07. The number of hydrogen-bond donors (Lipinski definition) is 2. The van der Waals surface area contributed by atoms with Gasteiger partial charge in [-0.2, -0.15) is 5.26 Å². The zero-order valence-electron chi connectivity index (χ0n) is 18.9. The molecule has 0 radical (unpaired) electrons. The van der Waals surface area contributed by atoms with E-state index in [1.54, 1.807) is 43.3 Å². The second kappa shape index (κ2) is 9.08. The first-order chi connectivity index (χ1) is 15.4. The number of benzene rings is 1. The number of rotatable bonds is 6. The van der Waals surface area contributed by atoms with Gasteiger partial charge in [0.25, 0.3) is 10.0 Å². The molecule has 0 bridgehead atoms. The van der Waals surface area contributed by atoms with E-state index < -0.39 is 27.6 Å². The van der Waals surface area contributed by atoms with E-state index in [2.05, 4.69) is 10.3 Å². The third-order valence-electron chi connectivity index (χ3n) is 5.45. The van der Waals surface area contributed by atoms with E-state index in [1.165, 1.54) is 18.5 Å². The lowest BCUT2D eigenvalue weighted by molar-refractivity contribution is 0.174. The molecule has 0 spiro atoms. The van der Waals surface area contributed by atoms with Crippen molar-refractivity contribution in [2.24, 2.45) is 5.41 Å². The molecular weight excluding hydrogens is 440 g/mol. The van der Waals surface area contributed by atoms with Crippen molar-refractivity contribution in [3.05, 3.63) is 71.7 Å². The lowest BCUT2D eigenvalue weighted by Gasteiger charge is -2.30. The fourth-order valence-electron chi connectivity index (χ4n) is 3.61. The first-order valence-corrected chi connectivity index (χ1v) is 11.8. The minimum atomic E-state index is -4.00. The number of carbonyl (C=O) groups is 1. The summed E-state index contributed by atoms with van der Waals surface area (Å²) in [6.45, 7) is 7.44. The van der Waals surface area contributed by atoms with Crippen LogP contribution in [-0.4, -0.2) is 34.6 Å². The Labute approximate surface area is 193 Å². The fraction of sp³-hybridized carbons (Fsp3) is 0.292.